The van der Waals surface area contributed by atoms with E-state index in [9.17, 15) is 9.59 Å². The Morgan fingerprint density at radius 1 is 1.20 bits per heavy atom. The summed E-state index contributed by atoms with van der Waals surface area (Å²) in [6.07, 6.45) is 2.09. The highest BCUT2D eigenvalue weighted by Gasteiger charge is 2.23. The van der Waals surface area contributed by atoms with Gasteiger partial charge in [0.15, 0.2) is 18.1 Å². The highest BCUT2D eigenvalue weighted by atomic mass is 79.9. The summed E-state index contributed by atoms with van der Waals surface area (Å²) in [5.74, 6) is 0.400. The summed E-state index contributed by atoms with van der Waals surface area (Å²) in [4.78, 5) is 24.2. The first-order valence-corrected chi connectivity index (χ1v) is 10.4. The van der Waals surface area contributed by atoms with E-state index in [1.807, 2.05) is 19.1 Å². The van der Waals surface area contributed by atoms with Crippen LogP contribution in [-0.2, 0) is 11.3 Å². The number of amides is 2. The predicted molar refractivity (Wildman–Crippen MR) is 114 cm³/mol. The molecule has 0 bridgehead atoms. The van der Waals surface area contributed by atoms with Gasteiger partial charge >= 0.3 is 0 Å². The zero-order valence-corrected chi connectivity index (χ0v) is 18.1. The third-order valence-electron chi connectivity index (χ3n) is 4.40. The fourth-order valence-electron chi connectivity index (χ4n) is 2.70. The first kappa shape index (κ1) is 21.7. The van der Waals surface area contributed by atoms with Crippen LogP contribution in [0.5, 0.6) is 11.5 Å². The summed E-state index contributed by atoms with van der Waals surface area (Å²) >= 11 is 3.35. The first-order chi connectivity index (χ1) is 14.5. The lowest BCUT2D eigenvalue weighted by atomic mass is 10.1. The standard InChI is InChI=1S/C22H22BrN3O4/c1-2-29-19-10-15(11-24)9-18(23)21(19)30-13-20(27)25-12-14-3-5-16(6-4-14)22(28)26-17-7-8-17/h3-6,9-10,17H,2,7-8,12-13H2,1H3,(H,25,27)(H,26,28). The molecule has 8 heteroatoms. The average Bonchev–Trinajstić information content (AvgIpc) is 3.56. The molecular formula is C22H22BrN3O4. The van der Waals surface area contributed by atoms with Crippen molar-refractivity contribution in [1.82, 2.24) is 10.6 Å². The first-order valence-electron chi connectivity index (χ1n) is 9.66. The number of nitrogens with one attached hydrogen (secondary N) is 2. The van der Waals surface area contributed by atoms with Gasteiger partial charge in [0, 0.05) is 24.2 Å². The Kier molecular flexibility index (Phi) is 7.31. The van der Waals surface area contributed by atoms with Crippen molar-refractivity contribution >= 4 is 27.7 Å². The molecule has 2 aromatic carbocycles. The van der Waals surface area contributed by atoms with Crippen molar-refractivity contribution in [2.45, 2.75) is 32.4 Å². The number of ether oxygens (including phenoxy) is 2. The van der Waals surface area contributed by atoms with Gasteiger partial charge in [-0.15, -0.1) is 0 Å². The molecular weight excluding hydrogens is 450 g/mol. The summed E-state index contributed by atoms with van der Waals surface area (Å²) in [7, 11) is 0. The second kappa shape index (κ2) is 10.1. The molecule has 0 saturated heterocycles. The van der Waals surface area contributed by atoms with Gasteiger partial charge in [-0.2, -0.15) is 5.26 Å². The number of nitrogens with zero attached hydrogens (tertiary/aromatic N) is 1. The second-order valence-electron chi connectivity index (χ2n) is 6.84. The number of benzene rings is 2. The molecule has 1 aliphatic carbocycles. The van der Waals surface area contributed by atoms with E-state index in [0.29, 0.717) is 46.3 Å². The molecule has 0 atom stereocenters. The second-order valence-corrected chi connectivity index (χ2v) is 7.69. The van der Waals surface area contributed by atoms with E-state index in [1.54, 1.807) is 24.3 Å². The van der Waals surface area contributed by atoms with Crippen molar-refractivity contribution in [3.8, 4) is 17.6 Å². The Morgan fingerprint density at radius 2 is 1.93 bits per heavy atom. The molecule has 30 heavy (non-hydrogen) atoms. The molecule has 2 aromatic rings. The topological polar surface area (TPSA) is 100 Å². The van der Waals surface area contributed by atoms with Crippen LogP contribution >= 0.6 is 15.9 Å². The SMILES string of the molecule is CCOc1cc(C#N)cc(Br)c1OCC(=O)NCc1ccc(C(=O)NC2CC2)cc1. The minimum absolute atomic E-state index is 0.0698. The molecule has 0 radical (unpaired) electrons. The minimum atomic E-state index is -0.302. The monoisotopic (exact) mass is 471 g/mol. The number of hydrogen-bond acceptors (Lipinski definition) is 5. The third kappa shape index (κ3) is 5.97. The number of carbonyl (C=O) groups is 2. The Morgan fingerprint density at radius 3 is 2.57 bits per heavy atom. The van der Waals surface area contributed by atoms with Crippen LogP contribution in [0, 0.1) is 11.3 Å². The van der Waals surface area contributed by atoms with Crippen LogP contribution in [0.4, 0.5) is 0 Å². The van der Waals surface area contributed by atoms with Gasteiger partial charge in [-0.25, -0.2) is 0 Å². The number of nitriles is 1. The fourth-order valence-corrected chi connectivity index (χ4v) is 3.25. The molecule has 0 heterocycles. The molecule has 1 saturated carbocycles. The fraction of sp³-hybridized carbons (Fsp3) is 0.318. The van der Waals surface area contributed by atoms with Crippen LogP contribution in [0.25, 0.3) is 0 Å². The van der Waals surface area contributed by atoms with E-state index >= 15 is 0 Å². The molecule has 0 spiro atoms. The Balaban J connectivity index is 1.51. The highest BCUT2D eigenvalue weighted by Crippen LogP contribution is 2.36. The van der Waals surface area contributed by atoms with Gasteiger partial charge in [-0.3, -0.25) is 9.59 Å². The van der Waals surface area contributed by atoms with E-state index < -0.39 is 0 Å². The lowest BCUT2D eigenvalue weighted by molar-refractivity contribution is -0.123. The van der Waals surface area contributed by atoms with E-state index in [0.717, 1.165) is 18.4 Å². The zero-order chi connectivity index (χ0) is 21.5. The van der Waals surface area contributed by atoms with E-state index in [-0.39, 0.29) is 18.4 Å². The molecule has 7 nitrogen and oxygen atoms in total. The van der Waals surface area contributed by atoms with E-state index in [2.05, 4.69) is 32.6 Å². The molecule has 1 aliphatic rings. The lowest BCUT2D eigenvalue weighted by Gasteiger charge is -2.14. The Bertz CT molecular complexity index is 966. The highest BCUT2D eigenvalue weighted by molar-refractivity contribution is 9.10. The average molecular weight is 472 g/mol. The number of rotatable bonds is 9. The van der Waals surface area contributed by atoms with Crippen LogP contribution < -0.4 is 20.1 Å². The zero-order valence-electron chi connectivity index (χ0n) is 16.5. The van der Waals surface area contributed by atoms with Crippen molar-refractivity contribution in [2.24, 2.45) is 0 Å². The molecule has 1 fully saturated rings. The largest absolute Gasteiger partial charge is 0.490 e. The molecule has 2 N–H and O–H groups in total. The van der Waals surface area contributed by atoms with Gasteiger partial charge in [0.25, 0.3) is 11.8 Å². The van der Waals surface area contributed by atoms with Crippen molar-refractivity contribution in [3.63, 3.8) is 0 Å². The number of carbonyl (C=O) groups excluding carboxylic acids is 2. The van der Waals surface area contributed by atoms with Gasteiger partial charge < -0.3 is 20.1 Å². The summed E-state index contributed by atoms with van der Waals surface area (Å²) in [5, 5.41) is 14.8. The predicted octanol–water partition coefficient (Wildman–Crippen LogP) is 3.31. The third-order valence-corrected chi connectivity index (χ3v) is 4.99. The van der Waals surface area contributed by atoms with E-state index in [4.69, 9.17) is 14.7 Å². The van der Waals surface area contributed by atoms with Gasteiger partial charge in [-0.1, -0.05) is 12.1 Å². The molecule has 2 amide bonds. The summed E-state index contributed by atoms with van der Waals surface area (Å²) in [6, 6.07) is 12.7. The summed E-state index contributed by atoms with van der Waals surface area (Å²) in [5.41, 5.74) is 1.91. The molecule has 0 aromatic heterocycles. The smallest absolute Gasteiger partial charge is 0.258 e. The molecule has 3 rings (SSSR count). The summed E-state index contributed by atoms with van der Waals surface area (Å²) < 4.78 is 11.7. The van der Waals surface area contributed by atoms with Gasteiger partial charge in [0.05, 0.1) is 22.7 Å². The maximum absolute atomic E-state index is 12.2. The van der Waals surface area contributed by atoms with Crippen LogP contribution in [0.2, 0.25) is 0 Å². The van der Waals surface area contributed by atoms with Crippen LogP contribution in [0.3, 0.4) is 0 Å². The number of halogens is 1. The quantitative estimate of drug-likeness (QED) is 0.584. The lowest BCUT2D eigenvalue weighted by Crippen LogP contribution is -2.28. The van der Waals surface area contributed by atoms with Crippen molar-refractivity contribution < 1.29 is 19.1 Å². The summed E-state index contributed by atoms with van der Waals surface area (Å²) in [6.45, 7) is 2.34. The van der Waals surface area contributed by atoms with Crippen LogP contribution in [0.15, 0.2) is 40.9 Å². The normalized spacial score (nSPS) is 12.6. The van der Waals surface area contributed by atoms with Gasteiger partial charge in [-0.05, 0) is 59.5 Å². The molecule has 0 aliphatic heterocycles. The molecule has 0 unspecified atom stereocenters. The maximum Gasteiger partial charge on any atom is 0.258 e. The molecule has 156 valence electrons. The minimum Gasteiger partial charge on any atom is -0.490 e. The van der Waals surface area contributed by atoms with Crippen LogP contribution in [0.1, 0.15) is 41.3 Å². The number of hydrogen-bond donors (Lipinski definition) is 2. The Labute approximate surface area is 183 Å². The van der Waals surface area contributed by atoms with Gasteiger partial charge in [0.1, 0.15) is 0 Å². The van der Waals surface area contributed by atoms with Crippen molar-refractivity contribution in [1.29, 1.82) is 5.26 Å². The van der Waals surface area contributed by atoms with Crippen LogP contribution in [-0.4, -0.2) is 31.1 Å². The maximum atomic E-state index is 12.2. The Hall–Kier alpha value is -3.05. The van der Waals surface area contributed by atoms with Crippen molar-refractivity contribution in [3.05, 3.63) is 57.6 Å². The van der Waals surface area contributed by atoms with Crippen molar-refractivity contribution in [2.75, 3.05) is 13.2 Å². The van der Waals surface area contributed by atoms with E-state index in [1.165, 1.54) is 0 Å². The van der Waals surface area contributed by atoms with Gasteiger partial charge in [0.2, 0.25) is 0 Å².